The molecule has 0 atom stereocenters. The van der Waals surface area contributed by atoms with E-state index in [2.05, 4.69) is 34.3 Å². The van der Waals surface area contributed by atoms with Crippen LogP contribution in [0.2, 0.25) is 0 Å². The number of pyridine rings is 1. The zero-order valence-electron chi connectivity index (χ0n) is 18.2. The van der Waals surface area contributed by atoms with Crippen LogP contribution >= 0.6 is 0 Å². The van der Waals surface area contributed by atoms with Crippen molar-refractivity contribution in [1.29, 1.82) is 0 Å². The summed E-state index contributed by atoms with van der Waals surface area (Å²) in [6.45, 7) is 6.13. The minimum absolute atomic E-state index is 0.187. The molecule has 2 aromatic carbocycles. The molecule has 32 heavy (non-hydrogen) atoms. The first-order valence-corrected chi connectivity index (χ1v) is 11.0. The van der Waals surface area contributed by atoms with Crippen LogP contribution in [0.15, 0.2) is 65.7 Å². The molecule has 0 aliphatic carbocycles. The summed E-state index contributed by atoms with van der Waals surface area (Å²) in [7, 11) is 0. The van der Waals surface area contributed by atoms with Gasteiger partial charge in [-0.25, -0.2) is 4.98 Å². The molecule has 0 unspecified atom stereocenters. The van der Waals surface area contributed by atoms with Crippen LogP contribution in [0.1, 0.15) is 32.7 Å². The van der Waals surface area contributed by atoms with Crippen LogP contribution in [0.4, 0.5) is 11.5 Å². The summed E-state index contributed by atoms with van der Waals surface area (Å²) >= 11 is 0. The van der Waals surface area contributed by atoms with Crippen LogP contribution in [0.25, 0.3) is 0 Å². The molecule has 162 valence electrons. The van der Waals surface area contributed by atoms with Crippen LogP contribution < -0.4 is 5.32 Å². The summed E-state index contributed by atoms with van der Waals surface area (Å²) in [6, 6.07) is 19.8. The number of benzene rings is 2. The normalized spacial score (nSPS) is 15.8. The number of nitrogens with one attached hydrogen (secondary N) is 1. The minimum Gasteiger partial charge on any atom is -0.379 e. The monoisotopic (exact) mass is 426 g/mol. The van der Waals surface area contributed by atoms with Crippen molar-refractivity contribution >= 4 is 23.1 Å². The van der Waals surface area contributed by atoms with Gasteiger partial charge in [-0.2, -0.15) is 0 Å². The van der Waals surface area contributed by atoms with E-state index < -0.39 is 0 Å². The highest BCUT2D eigenvalue weighted by Gasteiger charge is 2.23. The van der Waals surface area contributed by atoms with E-state index in [1.54, 1.807) is 0 Å². The van der Waals surface area contributed by atoms with Gasteiger partial charge >= 0.3 is 0 Å². The molecule has 0 bridgehead atoms. The minimum atomic E-state index is -0.187. The van der Waals surface area contributed by atoms with E-state index in [1.807, 2.05) is 48.5 Å². The highest BCUT2D eigenvalue weighted by atomic mass is 16.5. The van der Waals surface area contributed by atoms with Crippen LogP contribution in [-0.2, 0) is 17.7 Å². The third kappa shape index (κ3) is 4.33. The number of carbonyl (C=O) groups excluding carboxylic acids is 1. The molecule has 6 nitrogen and oxygen atoms in total. The summed E-state index contributed by atoms with van der Waals surface area (Å²) < 4.78 is 5.41. The van der Waals surface area contributed by atoms with Gasteiger partial charge in [0.05, 0.1) is 35.9 Å². The van der Waals surface area contributed by atoms with Crippen LogP contribution in [0.3, 0.4) is 0 Å². The molecule has 3 aromatic rings. The van der Waals surface area contributed by atoms with Gasteiger partial charge in [-0.1, -0.05) is 42.5 Å². The first-order valence-electron chi connectivity index (χ1n) is 11.0. The number of anilines is 1. The van der Waals surface area contributed by atoms with Gasteiger partial charge < -0.3 is 10.1 Å². The molecule has 3 heterocycles. The van der Waals surface area contributed by atoms with Gasteiger partial charge in [0.25, 0.3) is 5.91 Å². The second-order valence-corrected chi connectivity index (χ2v) is 8.22. The zero-order chi connectivity index (χ0) is 21.9. The number of carbonyl (C=O) groups is 1. The number of para-hydroxylation sites is 1. The number of hydrogen-bond donors (Lipinski definition) is 1. The molecular formula is C26H26N4O2. The Balaban J connectivity index is 1.35. The third-order valence-corrected chi connectivity index (χ3v) is 5.96. The molecule has 0 radical (unpaired) electrons. The largest absolute Gasteiger partial charge is 0.379 e. The predicted octanol–water partition coefficient (Wildman–Crippen LogP) is 4.15. The van der Waals surface area contributed by atoms with Crippen molar-refractivity contribution in [2.75, 3.05) is 31.6 Å². The lowest BCUT2D eigenvalue weighted by atomic mass is 9.99. The number of morpholine rings is 1. The van der Waals surface area contributed by atoms with Crippen LogP contribution in [0, 0.1) is 6.92 Å². The maximum absolute atomic E-state index is 13.1. The maximum atomic E-state index is 13.1. The Hall–Kier alpha value is -3.35. The molecule has 0 saturated carbocycles. The van der Waals surface area contributed by atoms with Crippen molar-refractivity contribution in [3.05, 3.63) is 88.6 Å². The third-order valence-electron chi connectivity index (χ3n) is 5.96. The Kier molecular flexibility index (Phi) is 5.79. The van der Waals surface area contributed by atoms with Gasteiger partial charge in [-0.05, 0) is 41.8 Å². The van der Waals surface area contributed by atoms with E-state index in [0.717, 1.165) is 67.5 Å². The summed E-state index contributed by atoms with van der Waals surface area (Å²) in [5, 5.41) is 2.97. The lowest BCUT2D eigenvalue weighted by molar-refractivity contribution is 0.0337. The molecule has 6 heteroatoms. The first-order chi connectivity index (χ1) is 15.7. The molecule has 1 fully saturated rings. The second-order valence-electron chi connectivity index (χ2n) is 8.22. The van der Waals surface area contributed by atoms with E-state index in [4.69, 9.17) is 9.73 Å². The quantitative estimate of drug-likeness (QED) is 0.666. The van der Waals surface area contributed by atoms with Gasteiger partial charge in [-0.3, -0.25) is 14.7 Å². The van der Waals surface area contributed by atoms with Crippen molar-refractivity contribution in [3.8, 4) is 0 Å². The number of fused-ring (bicyclic) bond motifs is 1. The van der Waals surface area contributed by atoms with Crippen molar-refractivity contribution in [3.63, 3.8) is 0 Å². The van der Waals surface area contributed by atoms with E-state index in [1.165, 1.54) is 5.56 Å². The van der Waals surface area contributed by atoms with Gasteiger partial charge in [0.1, 0.15) is 5.82 Å². The Labute approximate surface area is 188 Å². The Morgan fingerprint density at radius 2 is 1.84 bits per heavy atom. The molecule has 2 aliphatic rings. The topological polar surface area (TPSA) is 66.8 Å². The summed E-state index contributed by atoms with van der Waals surface area (Å²) in [5.41, 5.74) is 6.66. The summed E-state index contributed by atoms with van der Waals surface area (Å²) in [6.07, 6.45) is 0.731. The Morgan fingerprint density at radius 3 is 2.69 bits per heavy atom. The summed E-state index contributed by atoms with van der Waals surface area (Å²) in [5.74, 6) is 0.368. The molecule has 5 rings (SSSR count). The highest BCUT2D eigenvalue weighted by molar-refractivity contribution is 6.13. The molecule has 1 N–H and O–H groups in total. The Morgan fingerprint density at radius 1 is 1.03 bits per heavy atom. The van der Waals surface area contributed by atoms with E-state index in [9.17, 15) is 4.79 Å². The molecule has 1 saturated heterocycles. The van der Waals surface area contributed by atoms with Crippen LogP contribution in [-0.4, -0.2) is 47.8 Å². The lowest BCUT2D eigenvalue weighted by Gasteiger charge is -2.26. The Bertz CT molecular complexity index is 1180. The number of aryl methyl sites for hydroxylation is 1. The molecule has 1 aromatic heterocycles. The van der Waals surface area contributed by atoms with E-state index >= 15 is 0 Å². The average molecular weight is 427 g/mol. The fourth-order valence-corrected chi connectivity index (χ4v) is 4.27. The average Bonchev–Trinajstić information content (AvgIpc) is 3.24. The van der Waals surface area contributed by atoms with Crippen molar-refractivity contribution in [1.82, 2.24) is 9.88 Å². The number of nitrogens with zero attached hydrogens (tertiary/aromatic N) is 3. The van der Waals surface area contributed by atoms with Gasteiger partial charge in [0.15, 0.2) is 0 Å². The number of ether oxygens (including phenoxy) is 1. The van der Waals surface area contributed by atoms with Crippen LogP contribution in [0.5, 0.6) is 0 Å². The molecule has 2 aliphatic heterocycles. The first kappa shape index (κ1) is 20.5. The summed E-state index contributed by atoms with van der Waals surface area (Å²) in [4.78, 5) is 25.0. The number of aromatic nitrogens is 1. The molecule has 0 spiro atoms. The van der Waals surface area contributed by atoms with Crippen molar-refractivity contribution < 1.29 is 9.53 Å². The standard InChI is InChI=1S/C26H26N4O2/c1-18-6-2-3-9-21(18)23-16-19-7-4-10-22(25(19)28-23)26(31)29-24-11-5-8-20(27-24)17-30-12-14-32-15-13-30/h2-11H,12-17H2,1H3,(H,27,29,31). The fourth-order valence-electron chi connectivity index (χ4n) is 4.27. The number of aliphatic imine (C=N–C) groups is 1. The zero-order valence-corrected chi connectivity index (χ0v) is 18.2. The van der Waals surface area contributed by atoms with Gasteiger partial charge in [-0.15, -0.1) is 0 Å². The van der Waals surface area contributed by atoms with Gasteiger partial charge in [0, 0.05) is 26.1 Å². The van der Waals surface area contributed by atoms with E-state index in [-0.39, 0.29) is 5.91 Å². The number of hydrogen-bond acceptors (Lipinski definition) is 5. The number of rotatable bonds is 5. The predicted molar refractivity (Wildman–Crippen MR) is 126 cm³/mol. The smallest absolute Gasteiger partial charge is 0.259 e. The van der Waals surface area contributed by atoms with Crippen molar-refractivity contribution in [2.45, 2.75) is 19.9 Å². The second kappa shape index (κ2) is 9.02. The molecule has 1 amide bonds. The van der Waals surface area contributed by atoms with E-state index in [0.29, 0.717) is 11.4 Å². The SMILES string of the molecule is Cc1ccccc1C1=Nc2c(cccc2C(=O)Nc2cccc(CN3CCOCC3)n2)C1. The van der Waals surface area contributed by atoms with Gasteiger partial charge in [0.2, 0.25) is 0 Å². The molecular weight excluding hydrogens is 400 g/mol. The maximum Gasteiger partial charge on any atom is 0.259 e. The fraction of sp³-hybridized carbons (Fsp3) is 0.269. The number of amides is 1. The highest BCUT2D eigenvalue weighted by Crippen LogP contribution is 2.33. The lowest BCUT2D eigenvalue weighted by Crippen LogP contribution is -2.35. The van der Waals surface area contributed by atoms with Crippen molar-refractivity contribution in [2.24, 2.45) is 4.99 Å².